The van der Waals surface area contributed by atoms with E-state index in [1.54, 1.807) is 19.1 Å². The second kappa shape index (κ2) is 10.9. The van der Waals surface area contributed by atoms with Crippen LogP contribution in [0.3, 0.4) is 0 Å². The molecular formula is C29H32ClN3O4. The van der Waals surface area contributed by atoms with Crippen LogP contribution < -0.4 is 10.1 Å². The highest BCUT2D eigenvalue weighted by Crippen LogP contribution is 2.28. The zero-order valence-corrected chi connectivity index (χ0v) is 22.2. The van der Waals surface area contributed by atoms with E-state index < -0.39 is 17.7 Å². The zero-order valence-electron chi connectivity index (χ0n) is 21.4. The topological polar surface area (TPSA) is 96.1 Å². The first-order valence-electron chi connectivity index (χ1n) is 12.3. The largest absolute Gasteiger partial charge is 0.489 e. The molecule has 0 aliphatic rings. The molecule has 2 aromatic carbocycles. The number of aromatic nitrogens is 2. The average molecular weight is 522 g/mol. The lowest BCUT2D eigenvalue weighted by Crippen LogP contribution is -2.49. The molecule has 37 heavy (non-hydrogen) atoms. The molecule has 1 amide bonds. The number of nitrogens with zero attached hydrogens (tertiary/aromatic N) is 2. The van der Waals surface area contributed by atoms with E-state index in [1.807, 2.05) is 74.0 Å². The molecular weight excluding hydrogens is 490 g/mol. The van der Waals surface area contributed by atoms with Gasteiger partial charge in [0.25, 0.3) is 5.91 Å². The van der Waals surface area contributed by atoms with Crippen molar-refractivity contribution in [2.45, 2.75) is 58.5 Å². The van der Waals surface area contributed by atoms with Crippen LogP contribution in [0, 0.1) is 0 Å². The van der Waals surface area contributed by atoms with Crippen LogP contribution in [-0.4, -0.2) is 37.3 Å². The first-order valence-corrected chi connectivity index (χ1v) is 12.7. The minimum absolute atomic E-state index is 0.0387. The van der Waals surface area contributed by atoms with Crippen LogP contribution in [-0.2, 0) is 6.42 Å². The molecule has 4 rings (SSSR count). The number of ether oxygens (including phenoxy) is 1. The lowest BCUT2D eigenvalue weighted by atomic mass is 9.98. The minimum atomic E-state index is -1.44. The van der Waals surface area contributed by atoms with Gasteiger partial charge in [0.2, 0.25) is 0 Å². The third-order valence-corrected chi connectivity index (χ3v) is 6.49. The zero-order chi connectivity index (χ0) is 26.7. The number of pyridine rings is 1. The normalized spacial score (nSPS) is 13.9. The van der Waals surface area contributed by atoms with E-state index in [1.165, 1.54) is 6.07 Å². The number of hydrogen-bond acceptors (Lipinski definition) is 5. The number of carbonyl (C=O) groups is 1. The van der Waals surface area contributed by atoms with Crippen molar-refractivity contribution < 1.29 is 19.7 Å². The Morgan fingerprint density at radius 2 is 1.89 bits per heavy atom. The fourth-order valence-electron chi connectivity index (χ4n) is 4.16. The van der Waals surface area contributed by atoms with E-state index in [4.69, 9.17) is 21.3 Å². The smallest absolute Gasteiger partial charge is 0.253 e. The molecule has 4 aromatic rings. The Balaban J connectivity index is 1.48. The molecule has 2 heterocycles. The summed E-state index contributed by atoms with van der Waals surface area (Å²) in [6.07, 6.45) is 3.70. The molecule has 0 fully saturated rings. The van der Waals surface area contributed by atoms with Gasteiger partial charge in [0.1, 0.15) is 17.1 Å². The van der Waals surface area contributed by atoms with Gasteiger partial charge in [0.15, 0.2) is 0 Å². The van der Waals surface area contributed by atoms with Gasteiger partial charge in [-0.2, -0.15) is 0 Å². The number of hydrogen-bond donors (Lipinski definition) is 3. The van der Waals surface area contributed by atoms with Gasteiger partial charge in [-0.15, -0.1) is 0 Å². The van der Waals surface area contributed by atoms with Crippen molar-refractivity contribution in [3.05, 3.63) is 88.7 Å². The molecule has 2 aromatic heterocycles. The van der Waals surface area contributed by atoms with Gasteiger partial charge in [-0.1, -0.05) is 48.9 Å². The summed E-state index contributed by atoms with van der Waals surface area (Å²) in [5.74, 6) is 0.0874. The molecule has 0 bridgehead atoms. The van der Waals surface area contributed by atoms with Gasteiger partial charge in [-0.25, -0.2) is 4.98 Å². The fourth-order valence-corrected chi connectivity index (χ4v) is 4.39. The van der Waals surface area contributed by atoms with Gasteiger partial charge in [0, 0.05) is 35.5 Å². The number of imidazole rings is 1. The molecule has 3 N–H and O–H groups in total. The van der Waals surface area contributed by atoms with Crippen molar-refractivity contribution in [1.29, 1.82) is 0 Å². The lowest BCUT2D eigenvalue weighted by Gasteiger charge is -2.28. The van der Waals surface area contributed by atoms with E-state index in [9.17, 15) is 15.0 Å². The second-order valence-electron chi connectivity index (χ2n) is 9.52. The maximum atomic E-state index is 12.9. The molecule has 2 atom stereocenters. The number of benzene rings is 2. The number of carbonyl (C=O) groups excluding carboxylic acids is 1. The highest BCUT2D eigenvalue weighted by Gasteiger charge is 2.28. The Kier molecular flexibility index (Phi) is 7.87. The van der Waals surface area contributed by atoms with E-state index in [0.29, 0.717) is 28.4 Å². The summed E-state index contributed by atoms with van der Waals surface area (Å²) in [4.78, 5) is 17.6. The number of rotatable bonds is 9. The molecule has 0 saturated carbocycles. The predicted octanol–water partition coefficient (Wildman–Crippen LogP) is 5.57. The van der Waals surface area contributed by atoms with E-state index in [0.717, 1.165) is 22.4 Å². The summed E-state index contributed by atoms with van der Waals surface area (Å²) < 4.78 is 7.52. The van der Waals surface area contributed by atoms with Gasteiger partial charge in [-0.3, -0.25) is 4.79 Å². The van der Waals surface area contributed by atoms with Gasteiger partial charge < -0.3 is 24.7 Å². The summed E-state index contributed by atoms with van der Waals surface area (Å²) in [5, 5.41) is 24.3. The van der Waals surface area contributed by atoms with Gasteiger partial charge in [-0.05, 0) is 57.0 Å². The highest BCUT2D eigenvalue weighted by molar-refractivity contribution is 6.32. The van der Waals surface area contributed by atoms with Crippen molar-refractivity contribution >= 4 is 23.2 Å². The number of aliphatic hydroxyl groups is 2. The van der Waals surface area contributed by atoms with Crippen LogP contribution in [0.15, 0.2) is 67.0 Å². The van der Waals surface area contributed by atoms with Crippen molar-refractivity contribution in [3.63, 3.8) is 0 Å². The SMILES string of the molecule is CCC(O)(Cc1ccc(-c2cn3cccc(C(C)O)c3n2)cc1)NC(=O)c1ccc(OC(C)C)c(Cl)c1. The summed E-state index contributed by atoms with van der Waals surface area (Å²) in [6, 6.07) is 16.3. The van der Waals surface area contributed by atoms with E-state index in [-0.39, 0.29) is 12.5 Å². The quantitative estimate of drug-likeness (QED) is 0.250. The number of fused-ring (bicyclic) bond motifs is 1. The molecule has 0 aliphatic carbocycles. The molecule has 2 unspecified atom stereocenters. The maximum absolute atomic E-state index is 12.9. The Morgan fingerprint density at radius 1 is 1.16 bits per heavy atom. The first kappa shape index (κ1) is 26.7. The Morgan fingerprint density at radius 3 is 2.51 bits per heavy atom. The molecule has 0 saturated heterocycles. The van der Waals surface area contributed by atoms with Crippen molar-refractivity contribution in [2.24, 2.45) is 0 Å². The van der Waals surface area contributed by atoms with Gasteiger partial charge >= 0.3 is 0 Å². The summed E-state index contributed by atoms with van der Waals surface area (Å²) in [6.45, 7) is 7.33. The molecule has 194 valence electrons. The fraction of sp³-hybridized carbons (Fsp3) is 0.310. The maximum Gasteiger partial charge on any atom is 0.253 e. The first-order chi connectivity index (χ1) is 17.6. The monoisotopic (exact) mass is 521 g/mol. The van der Waals surface area contributed by atoms with Crippen molar-refractivity contribution in [1.82, 2.24) is 14.7 Å². The Bertz CT molecular complexity index is 1400. The van der Waals surface area contributed by atoms with Crippen LogP contribution in [0.1, 0.15) is 61.7 Å². The Labute approximate surface area is 221 Å². The number of halogens is 1. The summed E-state index contributed by atoms with van der Waals surface area (Å²) in [5.41, 5.74) is 2.92. The molecule has 0 radical (unpaired) electrons. The van der Waals surface area contributed by atoms with Crippen LogP contribution in [0.5, 0.6) is 5.75 Å². The number of nitrogens with one attached hydrogen (secondary N) is 1. The Hall–Kier alpha value is -3.39. The number of aliphatic hydroxyl groups excluding tert-OH is 1. The van der Waals surface area contributed by atoms with Crippen LogP contribution in [0.4, 0.5) is 0 Å². The predicted molar refractivity (Wildman–Crippen MR) is 145 cm³/mol. The standard InChI is InChI=1S/C29H32ClN3O4/c1-5-29(36,32-28(35)22-12-13-26(24(30)15-22)37-18(2)3)16-20-8-10-21(11-9-20)25-17-33-14-6-7-23(19(4)34)27(33)31-25/h6-15,17-19,34,36H,5,16H2,1-4H3,(H,32,35). The van der Waals surface area contributed by atoms with E-state index >= 15 is 0 Å². The third kappa shape index (κ3) is 6.13. The number of amides is 1. The third-order valence-electron chi connectivity index (χ3n) is 6.20. The molecule has 8 heteroatoms. The summed E-state index contributed by atoms with van der Waals surface area (Å²) in [7, 11) is 0. The molecule has 0 spiro atoms. The van der Waals surface area contributed by atoms with E-state index in [2.05, 4.69) is 5.32 Å². The average Bonchev–Trinajstić information content (AvgIpc) is 3.29. The minimum Gasteiger partial charge on any atom is -0.489 e. The van der Waals surface area contributed by atoms with Gasteiger partial charge in [0.05, 0.1) is 22.9 Å². The van der Waals surface area contributed by atoms with Crippen LogP contribution in [0.2, 0.25) is 5.02 Å². The van der Waals surface area contributed by atoms with Crippen LogP contribution >= 0.6 is 11.6 Å². The van der Waals surface area contributed by atoms with Crippen LogP contribution in [0.25, 0.3) is 16.9 Å². The lowest BCUT2D eigenvalue weighted by molar-refractivity contribution is 0.00459. The second-order valence-corrected chi connectivity index (χ2v) is 9.93. The van der Waals surface area contributed by atoms with Crippen molar-refractivity contribution in [3.8, 4) is 17.0 Å². The summed E-state index contributed by atoms with van der Waals surface area (Å²) >= 11 is 6.28. The molecule has 7 nitrogen and oxygen atoms in total. The molecule has 0 aliphatic heterocycles. The van der Waals surface area contributed by atoms with Crippen molar-refractivity contribution in [2.75, 3.05) is 0 Å². The highest BCUT2D eigenvalue weighted by atomic mass is 35.5.